The molecule has 1 amide bonds. The van der Waals surface area contributed by atoms with Gasteiger partial charge in [-0.2, -0.15) is 5.10 Å². The Kier molecular flexibility index (Phi) is 4.52. The van der Waals surface area contributed by atoms with E-state index >= 15 is 0 Å². The Morgan fingerprint density at radius 3 is 2.81 bits per heavy atom. The minimum absolute atomic E-state index is 0.00505. The summed E-state index contributed by atoms with van der Waals surface area (Å²) < 4.78 is 1.62. The molecule has 0 atom stereocenters. The first-order chi connectivity index (χ1) is 13.0. The van der Waals surface area contributed by atoms with Gasteiger partial charge < -0.3 is 4.90 Å². The number of hydrogen-bond acceptors (Lipinski definition) is 3. The van der Waals surface area contributed by atoms with Crippen molar-refractivity contribution in [1.29, 1.82) is 0 Å². The van der Waals surface area contributed by atoms with Crippen LogP contribution < -0.4 is 10.3 Å². The number of amides is 1. The summed E-state index contributed by atoms with van der Waals surface area (Å²) in [6, 6.07) is 13.7. The molecule has 1 aliphatic rings. The summed E-state index contributed by atoms with van der Waals surface area (Å²) in [5, 5.41) is 4.78. The maximum absolute atomic E-state index is 13.1. The van der Waals surface area contributed by atoms with Crippen molar-refractivity contribution in [2.45, 2.75) is 39.2 Å². The van der Waals surface area contributed by atoms with Crippen molar-refractivity contribution < 1.29 is 4.79 Å². The van der Waals surface area contributed by atoms with E-state index in [9.17, 15) is 9.59 Å². The largest absolute Gasteiger partial charge is 0.311 e. The third kappa shape index (κ3) is 3.25. The van der Waals surface area contributed by atoms with Gasteiger partial charge in [0.15, 0.2) is 0 Å². The summed E-state index contributed by atoms with van der Waals surface area (Å²) in [5.74, 6) is 0.465. The molecule has 0 N–H and O–H groups in total. The molecule has 5 nitrogen and oxygen atoms in total. The minimum Gasteiger partial charge on any atom is -0.311 e. The first-order valence-electron chi connectivity index (χ1n) is 9.42. The van der Waals surface area contributed by atoms with E-state index in [1.165, 1.54) is 17.3 Å². The molecular formula is C22H23N3O2. The van der Waals surface area contributed by atoms with Crippen LogP contribution in [0.2, 0.25) is 0 Å². The first kappa shape index (κ1) is 17.5. The SMILES string of the molecule is CC(C)c1ccc2c(c1)CCCN2C(=O)Cn1ncc(=O)c2ccccc21. The zero-order chi connectivity index (χ0) is 19.0. The van der Waals surface area contributed by atoms with Gasteiger partial charge in [0.05, 0.1) is 11.7 Å². The number of fused-ring (bicyclic) bond motifs is 2. The van der Waals surface area contributed by atoms with Crippen LogP contribution in [-0.4, -0.2) is 22.2 Å². The zero-order valence-electron chi connectivity index (χ0n) is 15.7. The van der Waals surface area contributed by atoms with Crippen molar-refractivity contribution in [2.24, 2.45) is 0 Å². The number of hydrogen-bond donors (Lipinski definition) is 0. The fraction of sp³-hybridized carbons (Fsp3) is 0.318. The Bertz CT molecular complexity index is 1070. The molecule has 1 aromatic heterocycles. The van der Waals surface area contributed by atoms with Gasteiger partial charge in [0.1, 0.15) is 6.54 Å². The molecule has 0 radical (unpaired) electrons. The fourth-order valence-electron chi connectivity index (χ4n) is 3.74. The van der Waals surface area contributed by atoms with Crippen molar-refractivity contribution in [3.63, 3.8) is 0 Å². The summed E-state index contributed by atoms with van der Waals surface area (Å²) in [6.45, 7) is 5.19. The van der Waals surface area contributed by atoms with Crippen molar-refractivity contribution in [1.82, 2.24) is 9.78 Å². The van der Waals surface area contributed by atoms with Gasteiger partial charge in [0.25, 0.3) is 0 Å². The Balaban J connectivity index is 1.66. The smallest absolute Gasteiger partial charge is 0.248 e. The second-order valence-electron chi connectivity index (χ2n) is 7.38. The molecule has 0 unspecified atom stereocenters. The Labute approximate surface area is 158 Å². The van der Waals surface area contributed by atoms with Crippen LogP contribution in [0.4, 0.5) is 5.69 Å². The van der Waals surface area contributed by atoms with E-state index in [2.05, 4.69) is 37.1 Å². The van der Waals surface area contributed by atoms with Gasteiger partial charge in [0.2, 0.25) is 11.3 Å². The second kappa shape index (κ2) is 6.99. The van der Waals surface area contributed by atoms with E-state index in [0.29, 0.717) is 23.4 Å². The van der Waals surface area contributed by atoms with Gasteiger partial charge in [0, 0.05) is 17.6 Å². The lowest BCUT2D eigenvalue weighted by atomic mass is 9.95. The van der Waals surface area contributed by atoms with E-state index in [4.69, 9.17) is 0 Å². The second-order valence-corrected chi connectivity index (χ2v) is 7.38. The third-order valence-corrected chi connectivity index (χ3v) is 5.24. The monoisotopic (exact) mass is 361 g/mol. The number of benzene rings is 2. The summed E-state index contributed by atoms with van der Waals surface area (Å²) in [7, 11) is 0. The molecule has 4 rings (SSSR count). The number of rotatable bonds is 3. The minimum atomic E-state index is -0.126. The predicted octanol–water partition coefficient (Wildman–Crippen LogP) is 3.50. The number of para-hydroxylation sites is 1. The van der Waals surface area contributed by atoms with Crippen LogP contribution in [0.25, 0.3) is 10.9 Å². The van der Waals surface area contributed by atoms with Crippen LogP contribution in [0, 0.1) is 0 Å². The molecule has 1 aliphatic heterocycles. The maximum atomic E-state index is 13.1. The van der Waals surface area contributed by atoms with E-state index in [1.54, 1.807) is 10.7 Å². The molecule has 0 saturated carbocycles. The molecule has 3 aromatic rings. The van der Waals surface area contributed by atoms with Crippen LogP contribution in [0.3, 0.4) is 0 Å². The highest BCUT2D eigenvalue weighted by atomic mass is 16.2. The van der Waals surface area contributed by atoms with Gasteiger partial charge in [-0.25, -0.2) is 0 Å². The number of aryl methyl sites for hydroxylation is 1. The highest BCUT2D eigenvalue weighted by Crippen LogP contribution is 2.30. The van der Waals surface area contributed by atoms with Gasteiger partial charge in [-0.1, -0.05) is 38.1 Å². The predicted molar refractivity (Wildman–Crippen MR) is 107 cm³/mol. The summed E-state index contributed by atoms with van der Waals surface area (Å²) in [6.07, 6.45) is 3.24. The number of nitrogens with zero attached hydrogens (tertiary/aromatic N) is 3. The van der Waals surface area contributed by atoms with Crippen molar-refractivity contribution in [3.05, 3.63) is 70.0 Å². The van der Waals surface area contributed by atoms with Crippen LogP contribution in [0.5, 0.6) is 0 Å². The lowest BCUT2D eigenvalue weighted by molar-refractivity contribution is -0.119. The first-order valence-corrected chi connectivity index (χ1v) is 9.42. The summed E-state index contributed by atoms with van der Waals surface area (Å²) >= 11 is 0. The number of carbonyl (C=O) groups is 1. The van der Waals surface area contributed by atoms with E-state index < -0.39 is 0 Å². The molecule has 2 aromatic carbocycles. The van der Waals surface area contributed by atoms with E-state index in [-0.39, 0.29) is 17.9 Å². The molecule has 138 valence electrons. The van der Waals surface area contributed by atoms with E-state index in [0.717, 1.165) is 18.5 Å². The molecule has 0 spiro atoms. The van der Waals surface area contributed by atoms with Gasteiger partial charge in [-0.3, -0.25) is 14.3 Å². The Hall–Kier alpha value is -2.95. The van der Waals surface area contributed by atoms with E-state index in [1.807, 2.05) is 23.1 Å². The normalized spacial score (nSPS) is 13.8. The van der Waals surface area contributed by atoms with Crippen LogP contribution in [0.1, 0.15) is 37.3 Å². The number of carbonyl (C=O) groups excluding carboxylic acids is 1. The zero-order valence-corrected chi connectivity index (χ0v) is 15.7. The number of aromatic nitrogens is 2. The molecule has 5 heteroatoms. The van der Waals surface area contributed by atoms with Crippen molar-refractivity contribution >= 4 is 22.5 Å². The average Bonchev–Trinajstić information content (AvgIpc) is 2.69. The van der Waals surface area contributed by atoms with Gasteiger partial charge in [-0.05, 0) is 48.1 Å². The van der Waals surface area contributed by atoms with Crippen LogP contribution >= 0.6 is 0 Å². The average molecular weight is 361 g/mol. The topological polar surface area (TPSA) is 55.2 Å². The lowest BCUT2D eigenvalue weighted by Gasteiger charge is -2.30. The highest BCUT2D eigenvalue weighted by Gasteiger charge is 2.23. The standard InChI is InChI=1S/C22H23N3O2/c1-15(2)16-9-10-19-17(12-16)6-5-11-24(19)22(27)14-25-20-8-4-3-7-18(20)21(26)13-23-25/h3-4,7-10,12-13,15H,5-6,11,14H2,1-2H3. The lowest BCUT2D eigenvalue weighted by Crippen LogP contribution is -2.38. The quantitative estimate of drug-likeness (QED) is 0.717. The third-order valence-electron chi connectivity index (χ3n) is 5.24. The summed E-state index contributed by atoms with van der Waals surface area (Å²) in [5.41, 5.74) is 4.10. The highest BCUT2D eigenvalue weighted by molar-refractivity contribution is 5.95. The molecular weight excluding hydrogens is 338 g/mol. The molecule has 0 fully saturated rings. The van der Waals surface area contributed by atoms with Gasteiger partial charge >= 0.3 is 0 Å². The van der Waals surface area contributed by atoms with Gasteiger partial charge in [-0.15, -0.1) is 0 Å². The van der Waals surface area contributed by atoms with Crippen molar-refractivity contribution in [3.8, 4) is 0 Å². The molecule has 27 heavy (non-hydrogen) atoms. The van der Waals surface area contributed by atoms with Crippen LogP contribution in [-0.2, 0) is 17.8 Å². The maximum Gasteiger partial charge on any atom is 0.248 e. The summed E-state index contributed by atoms with van der Waals surface area (Å²) in [4.78, 5) is 26.9. The fourth-order valence-corrected chi connectivity index (χ4v) is 3.74. The molecule has 0 aliphatic carbocycles. The molecule has 0 bridgehead atoms. The molecule has 2 heterocycles. The van der Waals surface area contributed by atoms with Crippen molar-refractivity contribution in [2.75, 3.05) is 11.4 Å². The Morgan fingerprint density at radius 1 is 1.19 bits per heavy atom. The Morgan fingerprint density at radius 2 is 2.00 bits per heavy atom. The van der Waals surface area contributed by atoms with Crippen LogP contribution in [0.15, 0.2) is 53.5 Å². The number of anilines is 1. The molecule has 0 saturated heterocycles.